The molecule has 0 aliphatic carbocycles. The van der Waals surface area contributed by atoms with Crippen molar-refractivity contribution in [1.82, 2.24) is 5.06 Å². The van der Waals surface area contributed by atoms with Crippen molar-refractivity contribution in [1.29, 1.82) is 0 Å². The SMILES string of the molecule is O=C1CN(CC(=O)ON2C(=O)c3ccccc3C2=O)c2ccccc2N1. The third-order valence-corrected chi connectivity index (χ3v) is 4.12. The molecule has 0 saturated carbocycles. The molecule has 2 aliphatic rings. The Hall–Kier alpha value is -3.68. The fraction of sp³-hybridized carbons (Fsp3) is 0.111. The van der Waals surface area contributed by atoms with Crippen molar-refractivity contribution in [2.45, 2.75) is 0 Å². The summed E-state index contributed by atoms with van der Waals surface area (Å²) in [4.78, 5) is 55.1. The minimum atomic E-state index is -0.816. The number of benzene rings is 2. The van der Waals surface area contributed by atoms with Crippen LogP contribution in [0, 0.1) is 0 Å². The van der Waals surface area contributed by atoms with Crippen molar-refractivity contribution in [3.63, 3.8) is 0 Å². The second-order valence-electron chi connectivity index (χ2n) is 5.83. The lowest BCUT2D eigenvalue weighted by Crippen LogP contribution is -2.43. The highest BCUT2D eigenvalue weighted by Crippen LogP contribution is 2.29. The van der Waals surface area contributed by atoms with E-state index in [1.807, 2.05) is 0 Å². The summed E-state index contributed by atoms with van der Waals surface area (Å²) < 4.78 is 0. The van der Waals surface area contributed by atoms with Gasteiger partial charge in [-0.05, 0) is 24.3 Å². The number of hydrogen-bond acceptors (Lipinski definition) is 6. The summed E-state index contributed by atoms with van der Waals surface area (Å²) in [7, 11) is 0. The van der Waals surface area contributed by atoms with Gasteiger partial charge < -0.3 is 15.1 Å². The molecule has 8 heteroatoms. The van der Waals surface area contributed by atoms with E-state index in [4.69, 9.17) is 4.84 Å². The largest absolute Gasteiger partial charge is 0.352 e. The molecule has 2 heterocycles. The van der Waals surface area contributed by atoms with Crippen LogP contribution >= 0.6 is 0 Å². The third-order valence-electron chi connectivity index (χ3n) is 4.12. The van der Waals surface area contributed by atoms with E-state index >= 15 is 0 Å². The first-order valence-electron chi connectivity index (χ1n) is 7.87. The zero-order valence-electron chi connectivity index (χ0n) is 13.5. The van der Waals surface area contributed by atoms with E-state index in [9.17, 15) is 19.2 Å². The van der Waals surface area contributed by atoms with Gasteiger partial charge in [-0.25, -0.2) is 4.79 Å². The highest BCUT2D eigenvalue weighted by molar-refractivity contribution is 6.21. The van der Waals surface area contributed by atoms with E-state index in [1.54, 1.807) is 36.4 Å². The van der Waals surface area contributed by atoms with Crippen LogP contribution < -0.4 is 10.2 Å². The van der Waals surface area contributed by atoms with Gasteiger partial charge in [-0.3, -0.25) is 14.4 Å². The Bertz CT molecular complexity index is 920. The van der Waals surface area contributed by atoms with Crippen LogP contribution in [0.15, 0.2) is 48.5 Å². The zero-order chi connectivity index (χ0) is 18.3. The molecule has 0 radical (unpaired) electrons. The Morgan fingerprint density at radius 2 is 1.58 bits per heavy atom. The minimum Gasteiger partial charge on any atom is -0.349 e. The third kappa shape index (κ3) is 2.57. The standard InChI is InChI=1S/C18H13N3O5/c22-15-9-20(14-8-4-3-7-13(14)19-15)10-16(23)26-21-17(24)11-5-1-2-6-12(11)18(21)25/h1-8H,9-10H2,(H,19,22). The van der Waals surface area contributed by atoms with E-state index in [1.165, 1.54) is 17.0 Å². The molecule has 0 bridgehead atoms. The number of carbonyl (C=O) groups is 4. The maximum atomic E-state index is 12.3. The van der Waals surface area contributed by atoms with Gasteiger partial charge in [0.25, 0.3) is 11.8 Å². The summed E-state index contributed by atoms with van der Waals surface area (Å²) in [6.07, 6.45) is 0. The van der Waals surface area contributed by atoms with E-state index in [2.05, 4.69) is 5.32 Å². The molecule has 2 aromatic carbocycles. The number of imide groups is 1. The average Bonchev–Trinajstić information content (AvgIpc) is 2.87. The first-order chi connectivity index (χ1) is 12.5. The number of fused-ring (bicyclic) bond motifs is 2. The normalized spacial score (nSPS) is 15.5. The molecular weight excluding hydrogens is 338 g/mol. The van der Waals surface area contributed by atoms with Crippen molar-refractivity contribution in [3.8, 4) is 0 Å². The number of para-hydroxylation sites is 2. The summed E-state index contributed by atoms with van der Waals surface area (Å²) in [6, 6.07) is 13.2. The molecule has 8 nitrogen and oxygen atoms in total. The van der Waals surface area contributed by atoms with E-state index in [0.29, 0.717) is 16.4 Å². The van der Waals surface area contributed by atoms with Gasteiger partial charge in [-0.15, -0.1) is 0 Å². The highest BCUT2D eigenvalue weighted by atomic mass is 16.7. The van der Waals surface area contributed by atoms with Crippen molar-refractivity contribution in [2.24, 2.45) is 0 Å². The summed E-state index contributed by atoms with van der Waals surface area (Å²) in [5.41, 5.74) is 1.62. The average molecular weight is 351 g/mol. The predicted octanol–water partition coefficient (Wildman–Crippen LogP) is 1.20. The van der Waals surface area contributed by atoms with Gasteiger partial charge in [0, 0.05) is 0 Å². The van der Waals surface area contributed by atoms with Crippen molar-refractivity contribution in [2.75, 3.05) is 23.3 Å². The second-order valence-corrected chi connectivity index (χ2v) is 5.83. The molecular formula is C18H13N3O5. The van der Waals surface area contributed by atoms with Crippen molar-refractivity contribution >= 4 is 35.1 Å². The lowest BCUT2D eigenvalue weighted by Gasteiger charge is -2.30. The van der Waals surface area contributed by atoms with Gasteiger partial charge in [0.05, 0.1) is 29.0 Å². The van der Waals surface area contributed by atoms with Gasteiger partial charge in [0.1, 0.15) is 6.54 Å². The molecule has 26 heavy (non-hydrogen) atoms. The van der Waals surface area contributed by atoms with Gasteiger partial charge in [-0.2, -0.15) is 0 Å². The first kappa shape index (κ1) is 15.8. The number of nitrogens with one attached hydrogen (secondary N) is 1. The van der Waals surface area contributed by atoms with Crippen molar-refractivity contribution in [3.05, 3.63) is 59.7 Å². The molecule has 0 atom stereocenters. The predicted molar refractivity (Wildman–Crippen MR) is 90.3 cm³/mol. The maximum absolute atomic E-state index is 12.3. The molecule has 0 fully saturated rings. The maximum Gasteiger partial charge on any atom is 0.352 e. The lowest BCUT2D eigenvalue weighted by atomic mass is 10.1. The summed E-state index contributed by atoms with van der Waals surface area (Å²) >= 11 is 0. The second kappa shape index (κ2) is 5.99. The number of anilines is 2. The van der Waals surface area contributed by atoms with Crippen LogP contribution in [0.25, 0.3) is 0 Å². The number of nitrogens with zero attached hydrogens (tertiary/aromatic N) is 2. The monoisotopic (exact) mass is 351 g/mol. The molecule has 4 rings (SSSR count). The van der Waals surface area contributed by atoms with Crippen LogP contribution in [0.3, 0.4) is 0 Å². The van der Waals surface area contributed by atoms with Crippen LogP contribution in [0.5, 0.6) is 0 Å². The molecule has 0 aromatic heterocycles. The van der Waals surface area contributed by atoms with E-state index in [0.717, 1.165) is 0 Å². The number of hydroxylamine groups is 2. The first-order valence-corrected chi connectivity index (χ1v) is 7.87. The van der Waals surface area contributed by atoms with Crippen molar-refractivity contribution < 1.29 is 24.0 Å². The Morgan fingerprint density at radius 1 is 0.962 bits per heavy atom. The number of carbonyl (C=O) groups excluding carboxylic acids is 4. The Labute approximate surface area is 147 Å². The fourth-order valence-corrected chi connectivity index (χ4v) is 2.98. The quantitative estimate of drug-likeness (QED) is 0.835. The van der Waals surface area contributed by atoms with Crippen LogP contribution in [0.4, 0.5) is 11.4 Å². The lowest BCUT2D eigenvalue weighted by molar-refractivity contribution is -0.166. The molecule has 0 spiro atoms. The topological polar surface area (TPSA) is 96.0 Å². The smallest absolute Gasteiger partial charge is 0.349 e. The van der Waals surface area contributed by atoms with E-state index < -0.39 is 17.8 Å². The Morgan fingerprint density at radius 3 is 2.27 bits per heavy atom. The molecule has 3 amide bonds. The Kier molecular flexibility index (Phi) is 3.65. The van der Waals surface area contributed by atoms with Crippen LogP contribution in [-0.2, 0) is 14.4 Å². The molecule has 130 valence electrons. The van der Waals surface area contributed by atoms with Crippen LogP contribution in [0.2, 0.25) is 0 Å². The highest BCUT2D eigenvalue weighted by Gasteiger charge is 2.39. The summed E-state index contributed by atoms with van der Waals surface area (Å²) in [5, 5.41) is 3.17. The Balaban J connectivity index is 1.50. The van der Waals surface area contributed by atoms with Crippen LogP contribution in [0.1, 0.15) is 20.7 Å². The number of amides is 3. The molecule has 2 aromatic rings. The van der Waals surface area contributed by atoms with Gasteiger partial charge in [-0.1, -0.05) is 29.3 Å². The van der Waals surface area contributed by atoms with Gasteiger partial charge >= 0.3 is 5.97 Å². The molecule has 0 saturated heterocycles. The van der Waals surface area contributed by atoms with Gasteiger partial charge in [0.2, 0.25) is 5.91 Å². The molecule has 1 N–H and O–H groups in total. The molecule has 0 unspecified atom stereocenters. The number of hydrogen-bond donors (Lipinski definition) is 1. The van der Waals surface area contributed by atoms with Crippen LogP contribution in [-0.4, -0.2) is 41.8 Å². The fourth-order valence-electron chi connectivity index (χ4n) is 2.98. The summed E-state index contributed by atoms with van der Waals surface area (Å²) in [6.45, 7) is -0.313. The minimum absolute atomic E-state index is 0.0335. The number of rotatable bonds is 3. The zero-order valence-corrected chi connectivity index (χ0v) is 13.5. The molecule has 2 aliphatic heterocycles. The van der Waals surface area contributed by atoms with Gasteiger partial charge in [0.15, 0.2) is 0 Å². The van der Waals surface area contributed by atoms with E-state index in [-0.39, 0.29) is 30.1 Å². The summed E-state index contributed by atoms with van der Waals surface area (Å²) in [5.74, 6) is -2.45.